The van der Waals surface area contributed by atoms with E-state index in [1.165, 1.54) is 35.9 Å². The van der Waals surface area contributed by atoms with Gasteiger partial charge in [0.25, 0.3) is 5.91 Å². The lowest BCUT2D eigenvalue weighted by molar-refractivity contribution is 0.0941. The van der Waals surface area contributed by atoms with Gasteiger partial charge in [-0.15, -0.1) is 0 Å². The number of carbonyl (C=O) groups excluding carboxylic acids is 2. The summed E-state index contributed by atoms with van der Waals surface area (Å²) in [5.74, 6) is -1.02. The number of nitrogens with one attached hydrogen (secondary N) is 1. The highest BCUT2D eigenvalue weighted by atomic mass is 19.1. The average molecular weight is 324 g/mol. The smallest absolute Gasteiger partial charge is 0.253 e. The van der Waals surface area contributed by atoms with Crippen LogP contribution in [0.1, 0.15) is 33.2 Å². The van der Waals surface area contributed by atoms with Gasteiger partial charge in [0.1, 0.15) is 5.82 Å². The van der Waals surface area contributed by atoms with Crippen molar-refractivity contribution in [2.75, 3.05) is 0 Å². The van der Waals surface area contributed by atoms with E-state index in [1.807, 2.05) is 31.2 Å². The zero-order valence-electron chi connectivity index (χ0n) is 13.5. The number of aromatic nitrogens is 1. The number of hydrogen-bond acceptors (Lipinski definition) is 2. The molecule has 0 aliphatic carbocycles. The molecule has 0 aliphatic heterocycles. The third-order valence-corrected chi connectivity index (χ3v) is 4.05. The minimum absolute atomic E-state index is 0.232. The molecule has 0 fully saturated rings. The number of nitrogens with zero attached hydrogens (tertiary/aromatic N) is 1. The van der Waals surface area contributed by atoms with Crippen LogP contribution in [0.25, 0.3) is 10.9 Å². The topological polar surface area (TPSA) is 51.1 Å². The van der Waals surface area contributed by atoms with Crippen molar-refractivity contribution in [3.05, 3.63) is 71.2 Å². The van der Waals surface area contributed by atoms with E-state index in [4.69, 9.17) is 0 Å². The second-order valence-corrected chi connectivity index (χ2v) is 5.70. The fourth-order valence-corrected chi connectivity index (χ4v) is 2.72. The molecule has 0 aliphatic rings. The molecule has 0 saturated heterocycles. The number of carbonyl (C=O) groups is 2. The minimum atomic E-state index is -0.447. The van der Waals surface area contributed by atoms with Crippen LogP contribution in [-0.4, -0.2) is 16.4 Å². The van der Waals surface area contributed by atoms with Gasteiger partial charge in [0.15, 0.2) is 0 Å². The van der Waals surface area contributed by atoms with E-state index < -0.39 is 5.82 Å². The molecule has 1 amide bonds. The maximum atomic E-state index is 13.6. The van der Waals surface area contributed by atoms with Gasteiger partial charge < -0.3 is 5.32 Å². The quantitative estimate of drug-likeness (QED) is 0.799. The molecule has 1 heterocycles. The van der Waals surface area contributed by atoms with Gasteiger partial charge in [0.05, 0.1) is 11.1 Å². The van der Waals surface area contributed by atoms with Crippen LogP contribution in [0.4, 0.5) is 4.39 Å². The van der Waals surface area contributed by atoms with E-state index in [2.05, 4.69) is 5.32 Å². The van der Waals surface area contributed by atoms with Crippen LogP contribution in [0, 0.1) is 12.7 Å². The Balaban J connectivity index is 1.93. The Hall–Kier alpha value is -2.95. The van der Waals surface area contributed by atoms with Crippen LogP contribution in [-0.2, 0) is 6.54 Å². The predicted octanol–water partition coefficient (Wildman–Crippen LogP) is 3.68. The first-order chi connectivity index (χ1) is 11.5. The molecule has 0 spiro atoms. The van der Waals surface area contributed by atoms with Crippen molar-refractivity contribution in [2.45, 2.75) is 20.4 Å². The van der Waals surface area contributed by atoms with E-state index in [0.29, 0.717) is 17.4 Å². The number of benzene rings is 2. The van der Waals surface area contributed by atoms with Crippen molar-refractivity contribution in [1.82, 2.24) is 9.88 Å². The fourth-order valence-electron chi connectivity index (χ4n) is 2.72. The van der Waals surface area contributed by atoms with Gasteiger partial charge in [0, 0.05) is 25.1 Å². The van der Waals surface area contributed by atoms with E-state index >= 15 is 0 Å². The van der Waals surface area contributed by atoms with Crippen LogP contribution in [0.15, 0.2) is 48.7 Å². The average Bonchev–Trinajstić information content (AvgIpc) is 2.92. The summed E-state index contributed by atoms with van der Waals surface area (Å²) in [6, 6.07) is 11.8. The monoisotopic (exact) mass is 324 g/mol. The maximum absolute atomic E-state index is 13.6. The fraction of sp³-hybridized carbons (Fsp3) is 0.158. The summed E-state index contributed by atoms with van der Waals surface area (Å²) >= 11 is 0. The molecule has 5 heteroatoms. The Bertz CT molecular complexity index is 944. The summed E-state index contributed by atoms with van der Waals surface area (Å²) in [7, 11) is 0. The number of amides is 1. The lowest BCUT2D eigenvalue weighted by Gasteiger charge is -2.07. The number of fused-ring (bicyclic) bond motifs is 1. The molecule has 0 bridgehead atoms. The molecule has 24 heavy (non-hydrogen) atoms. The van der Waals surface area contributed by atoms with Gasteiger partial charge in [-0.1, -0.05) is 24.3 Å². The largest absolute Gasteiger partial charge is 0.348 e. The van der Waals surface area contributed by atoms with Crippen LogP contribution < -0.4 is 5.32 Å². The molecule has 3 aromatic rings. The minimum Gasteiger partial charge on any atom is -0.348 e. The Morgan fingerprint density at radius 3 is 2.62 bits per heavy atom. The first kappa shape index (κ1) is 15.9. The Kier molecular flexibility index (Phi) is 4.16. The van der Waals surface area contributed by atoms with E-state index in [9.17, 15) is 14.0 Å². The van der Waals surface area contributed by atoms with Crippen molar-refractivity contribution in [2.24, 2.45) is 0 Å². The van der Waals surface area contributed by atoms with Crippen LogP contribution in [0.2, 0.25) is 0 Å². The molecular formula is C19H17FN2O2. The first-order valence-corrected chi connectivity index (χ1v) is 7.61. The zero-order chi connectivity index (χ0) is 17.3. The molecule has 0 unspecified atom stereocenters. The van der Waals surface area contributed by atoms with Gasteiger partial charge in [0.2, 0.25) is 5.91 Å². The molecule has 122 valence electrons. The first-order valence-electron chi connectivity index (χ1n) is 7.61. The number of aryl methyl sites for hydroxylation is 1. The Morgan fingerprint density at radius 1 is 1.17 bits per heavy atom. The molecule has 1 aromatic heterocycles. The predicted molar refractivity (Wildman–Crippen MR) is 90.5 cm³/mol. The van der Waals surface area contributed by atoms with Crippen LogP contribution in [0.3, 0.4) is 0 Å². The Labute approximate surface area is 138 Å². The lowest BCUT2D eigenvalue weighted by atomic mass is 10.1. The molecule has 2 aromatic carbocycles. The van der Waals surface area contributed by atoms with E-state index in [1.54, 1.807) is 0 Å². The van der Waals surface area contributed by atoms with Gasteiger partial charge in [-0.05, 0) is 36.2 Å². The van der Waals surface area contributed by atoms with E-state index in [-0.39, 0.29) is 17.4 Å². The van der Waals surface area contributed by atoms with Crippen LogP contribution >= 0.6 is 0 Å². The summed E-state index contributed by atoms with van der Waals surface area (Å²) in [5, 5.41) is 3.26. The number of hydrogen-bond donors (Lipinski definition) is 1. The van der Waals surface area contributed by atoms with Gasteiger partial charge in [-0.2, -0.15) is 0 Å². The highest BCUT2D eigenvalue weighted by molar-refractivity contribution is 6.09. The van der Waals surface area contributed by atoms with Gasteiger partial charge >= 0.3 is 0 Å². The van der Waals surface area contributed by atoms with Crippen molar-refractivity contribution >= 4 is 22.7 Å². The summed E-state index contributed by atoms with van der Waals surface area (Å²) in [4.78, 5) is 24.3. The summed E-state index contributed by atoms with van der Waals surface area (Å²) in [5.41, 5.74) is 2.89. The summed E-state index contributed by atoms with van der Waals surface area (Å²) in [6.07, 6.45) is 1.46. The highest BCUT2D eigenvalue weighted by Crippen LogP contribution is 2.23. The third kappa shape index (κ3) is 2.93. The lowest BCUT2D eigenvalue weighted by Crippen LogP contribution is -2.23. The summed E-state index contributed by atoms with van der Waals surface area (Å²) in [6.45, 7) is 3.74. The molecule has 1 N–H and O–H groups in total. The normalized spacial score (nSPS) is 10.8. The van der Waals surface area contributed by atoms with Crippen molar-refractivity contribution in [1.29, 1.82) is 0 Å². The molecule has 3 rings (SSSR count). The highest BCUT2D eigenvalue weighted by Gasteiger charge is 2.17. The van der Waals surface area contributed by atoms with Gasteiger partial charge in [-0.3, -0.25) is 14.2 Å². The molecule has 0 radical (unpaired) electrons. The number of rotatable bonds is 3. The Morgan fingerprint density at radius 2 is 1.92 bits per heavy atom. The second kappa shape index (κ2) is 6.28. The van der Waals surface area contributed by atoms with Gasteiger partial charge in [-0.25, -0.2) is 4.39 Å². The second-order valence-electron chi connectivity index (χ2n) is 5.70. The molecule has 4 nitrogen and oxygen atoms in total. The summed E-state index contributed by atoms with van der Waals surface area (Å²) < 4.78 is 14.9. The van der Waals surface area contributed by atoms with Crippen molar-refractivity contribution in [3.8, 4) is 0 Å². The van der Waals surface area contributed by atoms with Crippen molar-refractivity contribution in [3.63, 3.8) is 0 Å². The number of halogens is 1. The SMILES string of the molecule is CC(=O)n1cc(C(=O)NCc2ccccc2C)c2cc(F)ccc21. The standard InChI is InChI=1S/C19H17FN2O2/c1-12-5-3-4-6-14(12)10-21-19(24)17-11-22(13(2)23)18-8-7-15(20)9-16(17)18/h3-9,11H,10H2,1-2H3,(H,21,24). The maximum Gasteiger partial charge on any atom is 0.253 e. The van der Waals surface area contributed by atoms with Crippen molar-refractivity contribution < 1.29 is 14.0 Å². The van der Waals surface area contributed by atoms with Crippen LogP contribution in [0.5, 0.6) is 0 Å². The third-order valence-electron chi connectivity index (χ3n) is 4.05. The molecule has 0 saturated carbocycles. The van der Waals surface area contributed by atoms with E-state index in [0.717, 1.165) is 11.1 Å². The molecule has 0 atom stereocenters. The zero-order valence-corrected chi connectivity index (χ0v) is 13.5. The molecular weight excluding hydrogens is 307 g/mol.